The molecule has 3 rings (SSSR count). The van der Waals surface area contributed by atoms with Gasteiger partial charge in [-0.05, 0) is 18.6 Å². The minimum atomic E-state index is -1.11. The number of anilines is 1. The van der Waals surface area contributed by atoms with Gasteiger partial charge in [0.05, 0.1) is 6.20 Å². The lowest BCUT2D eigenvalue weighted by atomic mass is 10.2. The Hall–Kier alpha value is -2.67. The van der Waals surface area contributed by atoms with E-state index in [0.717, 1.165) is 31.7 Å². The van der Waals surface area contributed by atoms with Crippen molar-refractivity contribution in [1.82, 2.24) is 15.3 Å². The van der Waals surface area contributed by atoms with Gasteiger partial charge < -0.3 is 20.1 Å². The molecule has 1 saturated heterocycles. The fourth-order valence-corrected chi connectivity index (χ4v) is 2.37. The largest absolute Gasteiger partial charge is 0.477 e. The van der Waals surface area contributed by atoms with E-state index in [1.807, 2.05) is 30.0 Å². The molecule has 0 radical (unpaired) electrons. The Morgan fingerprint density at radius 3 is 2.74 bits per heavy atom. The van der Waals surface area contributed by atoms with Gasteiger partial charge in [0, 0.05) is 26.2 Å². The van der Waals surface area contributed by atoms with Gasteiger partial charge in [-0.2, -0.15) is 4.98 Å². The van der Waals surface area contributed by atoms with Crippen molar-refractivity contribution < 1.29 is 14.6 Å². The maximum absolute atomic E-state index is 11.4. The third-order valence-corrected chi connectivity index (χ3v) is 3.67. The topological polar surface area (TPSA) is 87.6 Å². The number of aromatic carboxylic acids is 1. The standard InChI is InChI=1S/C16H18N4O3/c1-11-4-2-3-5-13(11)23-14-12(15(21)22)10-18-16(19-14)20-8-6-17-7-9-20/h2-5,10,17H,6-9H2,1H3,(H,21,22). The number of carbonyl (C=O) groups is 1. The zero-order valence-electron chi connectivity index (χ0n) is 12.8. The molecule has 0 saturated carbocycles. The molecule has 1 aromatic heterocycles. The molecule has 0 aliphatic carbocycles. The lowest BCUT2D eigenvalue weighted by molar-refractivity contribution is 0.0693. The van der Waals surface area contributed by atoms with Crippen LogP contribution in [-0.2, 0) is 0 Å². The first kappa shape index (κ1) is 15.2. The van der Waals surface area contributed by atoms with Crippen molar-refractivity contribution in [2.45, 2.75) is 6.92 Å². The first-order valence-corrected chi connectivity index (χ1v) is 7.44. The molecule has 1 aromatic carbocycles. The molecular formula is C16H18N4O3. The number of aryl methyl sites for hydroxylation is 1. The quantitative estimate of drug-likeness (QED) is 0.887. The number of nitrogens with one attached hydrogen (secondary N) is 1. The zero-order chi connectivity index (χ0) is 16.2. The van der Waals surface area contributed by atoms with Crippen LogP contribution in [0.15, 0.2) is 30.5 Å². The first-order chi connectivity index (χ1) is 11.1. The lowest BCUT2D eigenvalue weighted by Gasteiger charge is -2.27. The highest BCUT2D eigenvalue weighted by molar-refractivity contribution is 5.90. The number of rotatable bonds is 4. The third kappa shape index (κ3) is 3.40. The van der Waals surface area contributed by atoms with Gasteiger partial charge in [-0.15, -0.1) is 0 Å². The molecule has 1 fully saturated rings. The van der Waals surface area contributed by atoms with E-state index in [2.05, 4.69) is 15.3 Å². The average molecular weight is 314 g/mol. The van der Waals surface area contributed by atoms with E-state index in [0.29, 0.717) is 11.7 Å². The summed E-state index contributed by atoms with van der Waals surface area (Å²) in [5.41, 5.74) is 0.860. The third-order valence-electron chi connectivity index (χ3n) is 3.67. The maximum atomic E-state index is 11.4. The summed E-state index contributed by atoms with van der Waals surface area (Å²) in [4.78, 5) is 21.9. The van der Waals surface area contributed by atoms with E-state index in [1.165, 1.54) is 6.20 Å². The number of piperazine rings is 1. The fraction of sp³-hybridized carbons (Fsp3) is 0.312. The molecule has 0 spiro atoms. The Morgan fingerprint density at radius 1 is 1.30 bits per heavy atom. The highest BCUT2D eigenvalue weighted by Gasteiger charge is 2.20. The van der Waals surface area contributed by atoms with Gasteiger partial charge in [-0.25, -0.2) is 9.78 Å². The molecule has 120 valence electrons. The van der Waals surface area contributed by atoms with Crippen molar-refractivity contribution in [3.8, 4) is 11.6 Å². The van der Waals surface area contributed by atoms with Crippen molar-refractivity contribution in [1.29, 1.82) is 0 Å². The van der Waals surface area contributed by atoms with E-state index in [4.69, 9.17) is 4.74 Å². The number of hydrogen-bond acceptors (Lipinski definition) is 6. The predicted molar refractivity (Wildman–Crippen MR) is 85.3 cm³/mol. The normalized spacial score (nSPS) is 14.6. The zero-order valence-corrected chi connectivity index (χ0v) is 12.8. The van der Waals surface area contributed by atoms with Crippen LogP contribution in [-0.4, -0.2) is 47.2 Å². The van der Waals surface area contributed by atoms with Crippen LogP contribution in [0.4, 0.5) is 5.95 Å². The molecule has 0 unspecified atom stereocenters. The molecule has 0 amide bonds. The van der Waals surface area contributed by atoms with Crippen LogP contribution in [0, 0.1) is 6.92 Å². The number of carboxylic acids is 1. The van der Waals surface area contributed by atoms with Gasteiger partial charge in [-0.3, -0.25) is 0 Å². The fourth-order valence-electron chi connectivity index (χ4n) is 2.37. The first-order valence-electron chi connectivity index (χ1n) is 7.44. The number of ether oxygens (including phenoxy) is 1. The minimum Gasteiger partial charge on any atom is -0.477 e. The molecule has 23 heavy (non-hydrogen) atoms. The molecule has 2 aromatic rings. The van der Waals surface area contributed by atoms with Crippen molar-refractivity contribution in [2.75, 3.05) is 31.1 Å². The molecule has 2 N–H and O–H groups in total. The summed E-state index contributed by atoms with van der Waals surface area (Å²) in [5.74, 6) is 0.0239. The number of benzene rings is 1. The molecule has 0 atom stereocenters. The predicted octanol–water partition coefficient (Wildman–Crippen LogP) is 1.69. The highest BCUT2D eigenvalue weighted by Crippen LogP contribution is 2.27. The second-order valence-electron chi connectivity index (χ2n) is 5.30. The molecule has 7 nitrogen and oxygen atoms in total. The Kier molecular flexibility index (Phi) is 4.38. The Bertz CT molecular complexity index is 714. The van der Waals surface area contributed by atoms with Gasteiger partial charge in [0.1, 0.15) is 11.3 Å². The molecule has 2 heterocycles. The van der Waals surface area contributed by atoms with E-state index < -0.39 is 5.97 Å². The van der Waals surface area contributed by atoms with E-state index in [1.54, 1.807) is 6.07 Å². The summed E-state index contributed by atoms with van der Waals surface area (Å²) >= 11 is 0. The molecule has 0 bridgehead atoms. The van der Waals surface area contributed by atoms with Crippen molar-refractivity contribution in [3.63, 3.8) is 0 Å². The molecule has 1 aliphatic heterocycles. The van der Waals surface area contributed by atoms with Crippen LogP contribution in [0.1, 0.15) is 15.9 Å². The molecule has 1 aliphatic rings. The van der Waals surface area contributed by atoms with Crippen LogP contribution < -0.4 is 15.0 Å². The van der Waals surface area contributed by atoms with Crippen LogP contribution in [0.2, 0.25) is 0 Å². The van der Waals surface area contributed by atoms with Crippen molar-refractivity contribution in [2.24, 2.45) is 0 Å². The summed E-state index contributed by atoms with van der Waals surface area (Å²) in [6, 6.07) is 7.41. The smallest absolute Gasteiger partial charge is 0.342 e. The summed E-state index contributed by atoms with van der Waals surface area (Å²) in [5, 5.41) is 12.6. The number of para-hydroxylation sites is 1. The van der Waals surface area contributed by atoms with E-state index in [-0.39, 0.29) is 11.4 Å². The van der Waals surface area contributed by atoms with Gasteiger partial charge >= 0.3 is 5.97 Å². The van der Waals surface area contributed by atoms with Crippen LogP contribution in [0.3, 0.4) is 0 Å². The lowest BCUT2D eigenvalue weighted by Crippen LogP contribution is -2.44. The maximum Gasteiger partial charge on any atom is 0.342 e. The number of carboxylic acid groups (broad SMARTS) is 1. The second kappa shape index (κ2) is 6.62. The molecular weight excluding hydrogens is 296 g/mol. The van der Waals surface area contributed by atoms with E-state index in [9.17, 15) is 9.90 Å². The highest BCUT2D eigenvalue weighted by atomic mass is 16.5. The van der Waals surface area contributed by atoms with Crippen LogP contribution >= 0.6 is 0 Å². The van der Waals surface area contributed by atoms with Gasteiger partial charge in [0.2, 0.25) is 11.8 Å². The molecule has 7 heteroatoms. The summed E-state index contributed by atoms with van der Waals surface area (Å²) in [7, 11) is 0. The number of aromatic nitrogens is 2. The Morgan fingerprint density at radius 2 is 2.04 bits per heavy atom. The van der Waals surface area contributed by atoms with Gasteiger partial charge in [0.15, 0.2) is 0 Å². The number of hydrogen-bond donors (Lipinski definition) is 2. The Labute approximate surface area is 133 Å². The summed E-state index contributed by atoms with van der Waals surface area (Å²) in [6.45, 7) is 5.14. The minimum absolute atomic E-state index is 0.0489. The SMILES string of the molecule is Cc1ccccc1Oc1nc(N2CCNCC2)ncc1C(=O)O. The van der Waals surface area contributed by atoms with Gasteiger partial charge in [0.25, 0.3) is 0 Å². The average Bonchev–Trinajstić information content (AvgIpc) is 2.57. The van der Waals surface area contributed by atoms with Gasteiger partial charge in [-0.1, -0.05) is 18.2 Å². The van der Waals surface area contributed by atoms with E-state index >= 15 is 0 Å². The van der Waals surface area contributed by atoms with Crippen molar-refractivity contribution >= 4 is 11.9 Å². The Balaban J connectivity index is 1.95. The summed E-state index contributed by atoms with van der Waals surface area (Å²) < 4.78 is 5.76. The van der Waals surface area contributed by atoms with Crippen LogP contribution in [0.25, 0.3) is 0 Å². The van der Waals surface area contributed by atoms with Crippen LogP contribution in [0.5, 0.6) is 11.6 Å². The monoisotopic (exact) mass is 314 g/mol. The number of nitrogens with zero attached hydrogens (tertiary/aromatic N) is 3. The van der Waals surface area contributed by atoms with Crippen molar-refractivity contribution in [3.05, 3.63) is 41.6 Å². The second-order valence-corrected chi connectivity index (χ2v) is 5.30. The summed E-state index contributed by atoms with van der Waals surface area (Å²) in [6.07, 6.45) is 1.31.